The van der Waals surface area contributed by atoms with Gasteiger partial charge < -0.3 is 4.90 Å². The highest BCUT2D eigenvalue weighted by Crippen LogP contribution is 2.04. The third kappa shape index (κ3) is 1.23. The summed E-state index contributed by atoms with van der Waals surface area (Å²) in [6.07, 6.45) is 1.14. The Morgan fingerprint density at radius 2 is 2.22 bits per heavy atom. The minimum Gasteiger partial charge on any atom is -0.332 e. The Balaban J connectivity index is 2.38. The lowest BCUT2D eigenvalue weighted by Gasteiger charge is -2.28. The Morgan fingerprint density at radius 1 is 1.56 bits per heavy atom. The summed E-state index contributed by atoms with van der Waals surface area (Å²) in [6.45, 7) is 3.47. The zero-order chi connectivity index (χ0) is 6.69. The summed E-state index contributed by atoms with van der Waals surface area (Å²) in [5.74, 6) is 5.04. The topological polar surface area (TPSA) is 20.3 Å². The number of nitrogens with zero attached hydrogens (tertiary/aromatic N) is 1. The summed E-state index contributed by atoms with van der Waals surface area (Å²) in [6, 6.07) is 0. The molecule has 0 unspecified atom stereocenters. The van der Waals surface area contributed by atoms with E-state index in [0.717, 1.165) is 19.5 Å². The van der Waals surface area contributed by atoms with E-state index in [1.807, 2.05) is 0 Å². The molecule has 2 nitrogen and oxygen atoms in total. The van der Waals surface area contributed by atoms with Gasteiger partial charge in [0.15, 0.2) is 0 Å². The van der Waals surface area contributed by atoms with Gasteiger partial charge >= 0.3 is 0 Å². The number of carbonyl (C=O) groups excluding carboxylic acids is 1. The van der Waals surface area contributed by atoms with Crippen LogP contribution in [0.5, 0.6) is 0 Å². The predicted octanol–water partition coefficient (Wildman–Crippen LogP) is 0.242. The molecule has 0 N–H and O–H groups in total. The summed E-state index contributed by atoms with van der Waals surface area (Å²) in [5.41, 5.74) is 0. The van der Waals surface area contributed by atoms with Crippen molar-refractivity contribution in [3.63, 3.8) is 0 Å². The average Bonchev–Trinajstić information content (AvgIpc) is 1.60. The predicted molar refractivity (Wildman–Crippen MR) is 34.6 cm³/mol. The number of hydrogen-bond acceptors (Lipinski definition) is 1. The highest BCUT2D eigenvalue weighted by atomic mass is 16.2. The van der Waals surface area contributed by atoms with E-state index in [-0.39, 0.29) is 5.91 Å². The third-order valence-electron chi connectivity index (χ3n) is 1.38. The van der Waals surface area contributed by atoms with E-state index >= 15 is 0 Å². The second-order valence-corrected chi connectivity index (χ2v) is 2.02. The molecule has 1 heterocycles. The van der Waals surface area contributed by atoms with Crippen LogP contribution in [0.25, 0.3) is 0 Å². The smallest absolute Gasteiger partial charge is 0.298 e. The fourth-order valence-electron chi connectivity index (χ4n) is 0.705. The van der Waals surface area contributed by atoms with Crippen LogP contribution in [0.2, 0.25) is 0 Å². The van der Waals surface area contributed by atoms with Gasteiger partial charge in [0, 0.05) is 13.1 Å². The van der Waals surface area contributed by atoms with Gasteiger partial charge in [-0.25, -0.2) is 0 Å². The van der Waals surface area contributed by atoms with E-state index in [4.69, 9.17) is 0 Å². The van der Waals surface area contributed by atoms with E-state index in [1.165, 1.54) is 0 Å². The van der Waals surface area contributed by atoms with E-state index in [1.54, 1.807) is 11.8 Å². The molecule has 0 saturated carbocycles. The first-order valence-corrected chi connectivity index (χ1v) is 3.06. The molecular weight excluding hydrogens is 114 g/mol. The van der Waals surface area contributed by atoms with Gasteiger partial charge in [0.2, 0.25) is 0 Å². The molecule has 1 amide bonds. The molecule has 2 heteroatoms. The fourth-order valence-corrected chi connectivity index (χ4v) is 0.705. The van der Waals surface area contributed by atoms with Crippen molar-refractivity contribution in [1.29, 1.82) is 0 Å². The molecule has 0 radical (unpaired) electrons. The molecule has 0 aromatic heterocycles. The molecule has 0 bridgehead atoms. The second-order valence-electron chi connectivity index (χ2n) is 2.02. The molecule has 0 atom stereocenters. The summed E-state index contributed by atoms with van der Waals surface area (Å²) in [7, 11) is 0. The SMILES string of the molecule is CC#CC(=O)N1CCC1. The number of rotatable bonds is 0. The van der Waals surface area contributed by atoms with Gasteiger partial charge in [0.25, 0.3) is 5.91 Å². The largest absolute Gasteiger partial charge is 0.332 e. The molecule has 1 saturated heterocycles. The van der Waals surface area contributed by atoms with Crippen LogP contribution in [0.4, 0.5) is 0 Å². The lowest BCUT2D eigenvalue weighted by Crippen LogP contribution is -2.41. The standard InChI is InChI=1S/C7H9NO/c1-2-4-7(9)8-5-3-6-8/h3,5-6H2,1H3. The minimum atomic E-state index is -0.0243. The Morgan fingerprint density at radius 3 is 2.56 bits per heavy atom. The van der Waals surface area contributed by atoms with Crippen LogP contribution in [0.3, 0.4) is 0 Å². The molecule has 1 aliphatic rings. The van der Waals surface area contributed by atoms with Crippen LogP contribution in [0.1, 0.15) is 13.3 Å². The molecule has 1 rings (SSSR count). The first kappa shape index (κ1) is 6.15. The van der Waals surface area contributed by atoms with Crippen molar-refractivity contribution in [3.8, 4) is 11.8 Å². The van der Waals surface area contributed by atoms with Gasteiger partial charge in [-0.2, -0.15) is 0 Å². The van der Waals surface area contributed by atoms with Crippen LogP contribution in [-0.4, -0.2) is 23.9 Å². The molecule has 48 valence electrons. The van der Waals surface area contributed by atoms with Gasteiger partial charge in [-0.15, -0.1) is 0 Å². The fraction of sp³-hybridized carbons (Fsp3) is 0.571. The molecule has 1 fully saturated rings. The second kappa shape index (κ2) is 2.54. The zero-order valence-electron chi connectivity index (χ0n) is 5.48. The Labute approximate surface area is 54.8 Å². The number of likely N-dealkylation sites (tertiary alicyclic amines) is 1. The first-order chi connectivity index (χ1) is 4.34. The van der Waals surface area contributed by atoms with Gasteiger partial charge in [-0.05, 0) is 19.3 Å². The normalized spacial score (nSPS) is 15.4. The molecule has 0 aliphatic carbocycles. The molecular formula is C7H9NO. The van der Waals surface area contributed by atoms with Crippen molar-refractivity contribution < 1.29 is 4.79 Å². The van der Waals surface area contributed by atoms with Crippen LogP contribution in [0, 0.1) is 11.8 Å². The maximum absolute atomic E-state index is 10.8. The van der Waals surface area contributed by atoms with Gasteiger partial charge in [-0.1, -0.05) is 5.92 Å². The number of amides is 1. The summed E-state index contributed by atoms with van der Waals surface area (Å²) in [4.78, 5) is 12.5. The van der Waals surface area contributed by atoms with Gasteiger partial charge in [0.05, 0.1) is 0 Å². The quantitative estimate of drug-likeness (QED) is 0.422. The van der Waals surface area contributed by atoms with E-state index in [0.29, 0.717) is 0 Å². The van der Waals surface area contributed by atoms with Crippen LogP contribution in [0.15, 0.2) is 0 Å². The van der Waals surface area contributed by atoms with Crippen molar-refractivity contribution >= 4 is 5.91 Å². The third-order valence-corrected chi connectivity index (χ3v) is 1.38. The lowest BCUT2D eigenvalue weighted by atomic mass is 10.2. The molecule has 0 aromatic rings. The Bertz CT molecular complexity index is 171. The van der Waals surface area contributed by atoms with Crippen molar-refractivity contribution in [2.24, 2.45) is 0 Å². The summed E-state index contributed by atoms with van der Waals surface area (Å²) in [5, 5.41) is 0. The van der Waals surface area contributed by atoms with E-state index < -0.39 is 0 Å². The van der Waals surface area contributed by atoms with Crippen molar-refractivity contribution in [2.45, 2.75) is 13.3 Å². The molecule has 0 aromatic carbocycles. The lowest BCUT2D eigenvalue weighted by molar-refractivity contribution is -0.128. The highest BCUT2D eigenvalue weighted by molar-refractivity contribution is 5.93. The number of hydrogen-bond donors (Lipinski definition) is 0. The molecule has 9 heavy (non-hydrogen) atoms. The van der Waals surface area contributed by atoms with E-state index in [2.05, 4.69) is 11.8 Å². The first-order valence-electron chi connectivity index (χ1n) is 3.06. The maximum Gasteiger partial charge on any atom is 0.298 e. The van der Waals surface area contributed by atoms with E-state index in [9.17, 15) is 4.79 Å². The zero-order valence-corrected chi connectivity index (χ0v) is 5.48. The molecule has 1 aliphatic heterocycles. The van der Waals surface area contributed by atoms with Gasteiger partial charge in [-0.3, -0.25) is 4.79 Å². The van der Waals surface area contributed by atoms with Crippen molar-refractivity contribution in [1.82, 2.24) is 4.90 Å². The maximum atomic E-state index is 10.8. The van der Waals surface area contributed by atoms with Crippen LogP contribution >= 0.6 is 0 Å². The summed E-state index contributed by atoms with van der Waals surface area (Å²) >= 11 is 0. The highest BCUT2D eigenvalue weighted by Gasteiger charge is 2.17. The van der Waals surface area contributed by atoms with Crippen LogP contribution < -0.4 is 0 Å². The van der Waals surface area contributed by atoms with Gasteiger partial charge in [0.1, 0.15) is 0 Å². The molecule has 0 spiro atoms. The van der Waals surface area contributed by atoms with Crippen molar-refractivity contribution in [2.75, 3.05) is 13.1 Å². The average molecular weight is 123 g/mol. The van der Waals surface area contributed by atoms with Crippen LogP contribution in [-0.2, 0) is 4.79 Å². The monoisotopic (exact) mass is 123 g/mol. The Hall–Kier alpha value is -0.970. The minimum absolute atomic E-state index is 0.0243. The number of carbonyl (C=O) groups is 1. The summed E-state index contributed by atoms with van der Waals surface area (Å²) < 4.78 is 0. The Kier molecular flexibility index (Phi) is 1.74. The van der Waals surface area contributed by atoms with Crippen molar-refractivity contribution in [3.05, 3.63) is 0 Å².